The fraction of sp³-hybridized carbons (Fsp3) is 0.304. The summed E-state index contributed by atoms with van der Waals surface area (Å²) in [4.78, 5) is 14.7. The number of benzene rings is 2. The summed E-state index contributed by atoms with van der Waals surface area (Å²) in [6, 6.07) is 14.6. The molecule has 1 aromatic heterocycles. The molecule has 0 bridgehead atoms. The van der Waals surface area contributed by atoms with Crippen molar-refractivity contribution in [2.45, 2.75) is 24.2 Å². The van der Waals surface area contributed by atoms with Crippen molar-refractivity contribution in [2.24, 2.45) is 0 Å². The molecular formula is C23H23N3O4S. The summed E-state index contributed by atoms with van der Waals surface area (Å²) in [6.07, 6.45) is 4.55. The van der Waals surface area contributed by atoms with Crippen LogP contribution in [0.15, 0.2) is 64.0 Å². The first kappa shape index (κ1) is 20.0. The maximum absolute atomic E-state index is 13.3. The average molecular weight is 438 g/mol. The predicted molar refractivity (Wildman–Crippen MR) is 117 cm³/mol. The number of hydrogen-bond donors (Lipinski definition) is 0. The Morgan fingerprint density at radius 2 is 1.77 bits per heavy atom. The van der Waals surface area contributed by atoms with Gasteiger partial charge in [0.05, 0.1) is 10.3 Å². The largest absolute Gasteiger partial charge is 0.355 e. The number of carbonyl (C=O) groups is 1. The Hall–Kier alpha value is -2.97. The van der Waals surface area contributed by atoms with Crippen molar-refractivity contribution in [1.82, 2.24) is 14.4 Å². The van der Waals surface area contributed by atoms with Gasteiger partial charge in [0.1, 0.15) is 0 Å². The van der Waals surface area contributed by atoms with Crippen LogP contribution in [0, 0.1) is 0 Å². The molecule has 31 heavy (non-hydrogen) atoms. The fourth-order valence-corrected chi connectivity index (χ4v) is 5.64. The van der Waals surface area contributed by atoms with Gasteiger partial charge in [0.25, 0.3) is 5.91 Å². The van der Waals surface area contributed by atoms with Crippen molar-refractivity contribution < 1.29 is 17.7 Å². The van der Waals surface area contributed by atoms with E-state index >= 15 is 0 Å². The Bertz CT molecular complexity index is 1260. The molecule has 0 aliphatic carbocycles. The minimum absolute atomic E-state index is 0.148. The Labute approximate surface area is 181 Å². The first-order chi connectivity index (χ1) is 15.0. The molecule has 0 spiro atoms. The smallest absolute Gasteiger partial charge is 0.276 e. The van der Waals surface area contributed by atoms with Gasteiger partial charge in [-0.25, -0.2) is 8.42 Å². The molecule has 0 atom stereocenters. The summed E-state index contributed by atoms with van der Waals surface area (Å²) < 4.78 is 33.3. The van der Waals surface area contributed by atoms with Crippen molar-refractivity contribution in [3.63, 3.8) is 0 Å². The van der Waals surface area contributed by atoms with Gasteiger partial charge in [-0.15, -0.1) is 0 Å². The summed E-state index contributed by atoms with van der Waals surface area (Å²) in [5, 5.41) is 4.38. The lowest BCUT2D eigenvalue weighted by molar-refractivity contribution is 0.0784. The van der Waals surface area contributed by atoms with Gasteiger partial charge >= 0.3 is 0 Å². The molecule has 0 radical (unpaired) electrons. The van der Waals surface area contributed by atoms with Crippen LogP contribution in [0.5, 0.6) is 0 Å². The van der Waals surface area contributed by atoms with Gasteiger partial charge in [-0.3, -0.25) is 4.79 Å². The molecule has 0 unspecified atom stereocenters. The molecule has 0 N–H and O–H groups in total. The molecule has 0 saturated carbocycles. The van der Waals surface area contributed by atoms with Gasteiger partial charge < -0.3 is 9.42 Å². The van der Waals surface area contributed by atoms with Crippen LogP contribution in [-0.4, -0.2) is 54.9 Å². The Balaban J connectivity index is 1.43. The Morgan fingerprint density at radius 1 is 1.00 bits per heavy atom. The van der Waals surface area contributed by atoms with E-state index in [4.69, 9.17) is 4.52 Å². The maximum Gasteiger partial charge on any atom is 0.276 e. The minimum Gasteiger partial charge on any atom is -0.355 e. The number of amides is 1. The van der Waals surface area contributed by atoms with E-state index < -0.39 is 10.0 Å². The van der Waals surface area contributed by atoms with Crippen LogP contribution < -0.4 is 0 Å². The van der Waals surface area contributed by atoms with Gasteiger partial charge in [0.15, 0.2) is 11.3 Å². The molecule has 1 saturated heterocycles. The lowest BCUT2D eigenvalue weighted by Gasteiger charge is -2.26. The summed E-state index contributed by atoms with van der Waals surface area (Å²) in [7, 11) is -3.70. The topological polar surface area (TPSA) is 83.7 Å². The van der Waals surface area contributed by atoms with E-state index in [9.17, 15) is 13.2 Å². The normalized spacial score (nSPS) is 17.8. The molecule has 5 rings (SSSR count). The van der Waals surface area contributed by atoms with Crippen molar-refractivity contribution >= 4 is 32.5 Å². The zero-order chi connectivity index (χ0) is 21.4. The molecule has 1 amide bonds. The van der Waals surface area contributed by atoms with E-state index in [2.05, 4.69) is 5.16 Å². The fourth-order valence-electron chi connectivity index (χ4n) is 4.23. The van der Waals surface area contributed by atoms with Gasteiger partial charge in [0, 0.05) is 26.2 Å². The number of fused-ring (bicyclic) bond motifs is 1. The van der Waals surface area contributed by atoms with Crippen molar-refractivity contribution in [3.8, 4) is 0 Å². The lowest BCUT2D eigenvalue weighted by atomic mass is 10.0. The molecule has 2 aromatic carbocycles. The summed E-state index contributed by atoms with van der Waals surface area (Å²) >= 11 is 0. The van der Waals surface area contributed by atoms with Crippen molar-refractivity contribution in [1.29, 1.82) is 0 Å². The minimum atomic E-state index is -3.70. The molecule has 7 nitrogen and oxygen atoms in total. The molecule has 2 aliphatic rings. The highest BCUT2D eigenvalue weighted by atomic mass is 32.2. The van der Waals surface area contributed by atoms with E-state index in [-0.39, 0.29) is 16.5 Å². The summed E-state index contributed by atoms with van der Waals surface area (Å²) in [5.41, 5.74) is 2.86. The molecule has 2 aliphatic heterocycles. The number of rotatable bonds is 4. The van der Waals surface area contributed by atoms with Crippen LogP contribution in [0.3, 0.4) is 0 Å². The zero-order valence-corrected chi connectivity index (χ0v) is 17.8. The highest BCUT2D eigenvalue weighted by Gasteiger charge is 2.29. The second kappa shape index (κ2) is 7.94. The molecule has 3 heterocycles. The number of aromatic nitrogens is 1. The SMILES string of the molecule is O=C(c1noc2ccc(S(=O)(=O)N3CC=C(c4ccccc4)CC3)cc12)N1CCCC1. The second-order valence-electron chi connectivity index (χ2n) is 7.90. The highest BCUT2D eigenvalue weighted by Crippen LogP contribution is 2.29. The first-order valence-electron chi connectivity index (χ1n) is 10.5. The zero-order valence-electron chi connectivity index (χ0n) is 17.0. The lowest BCUT2D eigenvalue weighted by Crippen LogP contribution is -2.34. The van der Waals surface area contributed by atoms with E-state index in [0.717, 1.165) is 24.0 Å². The highest BCUT2D eigenvalue weighted by molar-refractivity contribution is 7.89. The number of nitrogens with zero attached hydrogens (tertiary/aromatic N) is 3. The number of likely N-dealkylation sites (tertiary alicyclic amines) is 1. The number of hydrogen-bond acceptors (Lipinski definition) is 5. The molecule has 8 heteroatoms. The van der Waals surface area contributed by atoms with Crippen LogP contribution >= 0.6 is 0 Å². The molecule has 160 valence electrons. The third kappa shape index (κ3) is 3.66. The van der Waals surface area contributed by atoms with Gasteiger partial charge in [-0.05, 0) is 48.6 Å². The molecular weight excluding hydrogens is 414 g/mol. The quantitative estimate of drug-likeness (QED) is 0.623. The van der Waals surface area contributed by atoms with E-state index in [0.29, 0.717) is 43.6 Å². The van der Waals surface area contributed by atoms with Gasteiger partial charge in [-0.1, -0.05) is 41.6 Å². The summed E-state index contributed by atoms with van der Waals surface area (Å²) in [6.45, 7) is 2.10. The second-order valence-corrected chi connectivity index (χ2v) is 9.83. The van der Waals surface area contributed by atoms with Gasteiger partial charge in [0.2, 0.25) is 10.0 Å². The maximum atomic E-state index is 13.3. The van der Waals surface area contributed by atoms with Crippen molar-refractivity contribution in [3.05, 3.63) is 65.9 Å². The predicted octanol–water partition coefficient (Wildman–Crippen LogP) is 3.54. The average Bonchev–Trinajstić information content (AvgIpc) is 3.49. The third-order valence-electron chi connectivity index (χ3n) is 5.99. The van der Waals surface area contributed by atoms with Crippen LogP contribution in [0.25, 0.3) is 16.5 Å². The van der Waals surface area contributed by atoms with Crippen LogP contribution in [-0.2, 0) is 10.0 Å². The standard InChI is InChI=1S/C23H23N3O4S/c27-23(25-12-4-5-13-25)22-20-16-19(8-9-21(20)30-24-22)31(28,29)26-14-10-18(11-15-26)17-6-2-1-3-7-17/h1-3,6-10,16H,4-5,11-15H2. The van der Waals surface area contributed by atoms with Crippen molar-refractivity contribution in [2.75, 3.05) is 26.2 Å². The van der Waals surface area contributed by atoms with Crippen LogP contribution in [0.4, 0.5) is 0 Å². The van der Waals surface area contributed by atoms with Gasteiger partial charge in [-0.2, -0.15) is 4.31 Å². The summed E-state index contributed by atoms with van der Waals surface area (Å²) in [5.74, 6) is -0.209. The van der Waals surface area contributed by atoms with E-state index in [1.54, 1.807) is 11.0 Å². The van der Waals surface area contributed by atoms with E-state index in [1.165, 1.54) is 16.4 Å². The first-order valence-corrected chi connectivity index (χ1v) is 11.9. The monoisotopic (exact) mass is 437 g/mol. The third-order valence-corrected chi connectivity index (χ3v) is 7.85. The van der Waals surface area contributed by atoms with E-state index in [1.807, 2.05) is 36.4 Å². The molecule has 3 aromatic rings. The molecule has 1 fully saturated rings. The Kier molecular flexibility index (Phi) is 5.11. The number of sulfonamides is 1. The Morgan fingerprint density at radius 3 is 2.48 bits per heavy atom. The van der Waals surface area contributed by atoms with Crippen LogP contribution in [0.1, 0.15) is 35.3 Å². The van der Waals surface area contributed by atoms with Crippen LogP contribution in [0.2, 0.25) is 0 Å². The number of carbonyl (C=O) groups excluding carboxylic acids is 1.